The van der Waals surface area contributed by atoms with Crippen LogP contribution in [-0.4, -0.2) is 6.03 Å². The molecule has 0 aliphatic heterocycles. The van der Waals surface area contributed by atoms with Crippen LogP contribution in [0.2, 0.25) is 5.02 Å². The van der Waals surface area contributed by atoms with E-state index < -0.39 is 0 Å². The maximum absolute atomic E-state index is 13.4. The molecule has 2 N–H and O–H groups in total. The number of benzene rings is 2. The Kier molecular flexibility index (Phi) is 5.17. The molecular formula is C16H16ClFN2O. The number of aryl methyl sites for hydroxylation is 1. The molecule has 0 aliphatic rings. The fraction of sp³-hybridized carbons (Fsp3) is 0.188. The van der Waals surface area contributed by atoms with Gasteiger partial charge in [-0.05, 0) is 41.8 Å². The van der Waals surface area contributed by atoms with E-state index >= 15 is 0 Å². The SMILES string of the molecule is Cc1ccc(CNC(=O)NCc2cccc(Cl)c2)cc1F. The average molecular weight is 307 g/mol. The standard InChI is InChI=1S/C16H16ClFN2O/c1-11-5-6-13(8-15(11)18)10-20-16(21)19-9-12-3-2-4-14(17)7-12/h2-8H,9-10H2,1H3,(H2,19,20,21). The van der Waals surface area contributed by atoms with Crippen molar-refractivity contribution in [1.29, 1.82) is 0 Å². The normalized spacial score (nSPS) is 10.2. The van der Waals surface area contributed by atoms with Crippen LogP contribution in [0.3, 0.4) is 0 Å². The van der Waals surface area contributed by atoms with Crippen LogP contribution in [0.25, 0.3) is 0 Å². The Labute approximate surface area is 128 Å². The molecular weight excluding hydrogens is 291 g/mol. The zero-order valence-electron chi connectivity index (χ0n) is 11.6. The van der Waals surface area contributed by atoms with E-state index in [0.29, 0.717) is 17.1 Å². The minimum Gasteiger partial charge on any atom is -0.334 e. The molecule has 0 saturated heterocycles. The lowest BCUT2D eigenvalue weighted by atomic mass is 10.1. The zero-order chi connectivity index (χ0) is 15.2. The molecule has 110 valence electrons. The number of rotatable bonds is 4. The van der Waals surface area contributed by atoms with E-state index in [1.54, 1.807) is 31.2 Å². The Balaban J connectivity index is 1.80. The van der Waals surface area contributed by atoms with Gasteiger partial charge in [0.2, 0.25) is 0 Å². The molecule has 0 bridgehead atoms. The Hall–Kier alpha value is -2.07. The summed E-state index contributed by atoms with van der Waals surface area (Å²) in [6, 6.07) is 11.9. The van der Waals surface area contributed by atoms with Gasteiger partial charge >= 0.3 is 6.03 Å². The number of urea groups is 1. The molecule has 0 saturated carbocycles. The molecule has 0 aromatic heterocycles. The highest BCUT2D eigenvalue weighted by Crippen LogP contribution is 2.10. The van der Waals surface area contributed by atoms with Gasteiger partial charge in [-0.2, -0.15) is 0 Å². The largest absolute Gasteiger partial charge is 0.334 e. The third kappa shape index (κ3) is 4.76. The van der Waals surface area contributed by atoms with Gasteiger partial charge in [0, 0.05) is 18.1 Å². The number of hydrogen-bond acceptors (Lipinski definition) is 1. The molecule has 0 atom stereocenters. The molecule has 0 heterocycles. The quantitative estimate of drug-likeness (QED) is 0.886. The molecule has 21 heavy (non-hydrogen) atoms. The van der Waals surface area contributed by atoms with Gasteiger partial charge in [-0.3, -0.25) is 0 Å². The van der Waals surface area contributed by atoms with Crippen molar-refractivity contribution in [2.24, 2.45) is 0 Å². The molecule has 2 amide bonds. The van der Waals surface area contributed by atoms with Gasteiger partial charge in [-0.15, -0.1) is 0 Å². The zero-order valence-corrected chi connectivity index (χ0v) is 12.4. The van der Waals surface area contributed by atoms with Crippen molar-refractivity contribution >= 4 is 17.6 Å². The molecule has 0 radical (unpaired) electrons. The molecule has 0 aliphatic carbocycles. The molecule has 2 aromatic rings. The molecule has 0 fully saturated rings. The van der Waals surface area contributed by atoms with E-state index in [9.17, 15) is 9.18 Å². The maximum atomic E-state index is 13.4. The highest BCUT2D eigenvalue weighted by atomic mass is 35.5. The Morgan fingerprint density at radius 3 is 2.38 bits per heavy atom. The van der Waals surface area contributed by atoms with Crippen LogP contribution < -0.4 is 10.6 Å². The fourth-order valence-electron chi connectivity index (χ4n) is 1.82. The van der Waals surface area contributed by atoms with E-state index in [2.05, 4.69) is 10.6 Å². The van der Waals surface area contributed by atoms with Gasteiger partial charge in [0.1, 0.15) is 5.82 Å². The lowest BCUT2D eigenvalue weighted by Crippen LogP contribution is -2.34. The number of carbonyl (C=O) groups is 1. The first-order valence-corrected chi connectivity index (χ1v) is 6.93. The molecule has 5 heteroatoms. The lowest BCUT2D eigenvalue weighted by Gasteiger charge is -2.08. The van der Waals surface area contributed by atoms with Crippen molar-refractivity contribution in [2.75, 3.05) is 0 Å². The monoisotopic (exact) mass is 306 g/mol. The van der Waals surface area contributed by atoms with Crippen LogP contribution in [-0.2, 0) is 13.1 Å². The minimum absolute atomic E-state index is 0.270. The van der Waals surface area contributed by atoms with Crippen LogP contribution in [0.15, 0.2) is 42.5 Å². The molecule has 2 rings (SSSR count). The second kappa shape index (κ2) is 7.09. The Bertz CT molecular complexity index is 646. The predicted molar refractivity (Wildman–Crippen MR) is 81.7 cm³/mol. The fourth-order valence-corrected chi connectivity index (χ4v) is 2.03. The van der Waals surface area contributed by atoms with Gasteiger partial charge < -0.3 is 10.6 Å². The summed E-state index contributed by atoms with van der Waals surface area (Å²) in [5.74, 6) is -0.270. The number of hydrogen-bond donors (Lipinski definition) is 2. The van der Waals surface area contributed by atoms with Crippen LogP contribution in [0.5, 0.6) is 0 Å². The smallest absolute Gasteiger partial charge is 0.315 e. The second-order valence-electron chi connectivity index (χ2n) is 4.75. The van der Waals surface area contributed by atoms with Crippen LogP contribution in [0, 0.1) is 12.7 Å². The summed E-state index contributed by atoms with van der Waals surface area (Å²) in [6.45, 7) is 2.36. The maximum Gasteiger partial charge on any atom is 0.315 e. The topological polar surface area (TPSA) is 41.1 Å². The number of halogens is 2. The summed E-state index contributed by atoms with van der Waals surface area (Å²) in [5, 5.41) is 6.03. The average Bonchev–Trinajstić information content (AvgIpc) is 2.46. The first-order valence-electron chi connectivity index (χ1n) is 6.56. The van der Waals surface area contributed by atoms with E-state index in [1.165, 1.54) is 6.07 Å². The van der Waals surface area contributed by atoms with Gasteiger partial charge in [0.15, 0.2) is 0 Å². The van der Waals surface area contributed by atoms with Gasteiger partial charge in [-0.25, -0.2) is 9.18 Å². The van der Waals surface area contributed by atoms with Crippen LogP contribution in [0.4, 0.5) is 9.18 Å². The number of nitrogens with one attached hydrogen (secondary N) is 2. The lowest BCUT2D eigenvalue weighted by molar-refractivity contribution is 0.240. The van der Waals surface area contributed by atoms with Crippen molar-refractivity contribution in [1.82, 2.24) is 10.6 Å². The molecule has 0 unspecified atom stereocenters. The summed E-state index contributed by atoms with van der Waals surface area (Å²) < 4.78 is 13.4. The molecule has 2 aromatic carbocycles. The van der Waals surface area contributed by atoms with E-state index in [-0.39, 0.29) is 18.4 Å². The first-order chi connectivity index (χ1) is 10.0. The number of carbonyl (C=O) groups excluding carboxylic acids is 1. The van der Waals surface area contributed by atoms with Gasteiger partial charge in [0.25, 0.3) is 0 Å². The van der Waals surface area contributed by atoms with Crippen molar-refractivity contribution < 1.29 is 9.18 Å². The Morgan fingerprint density at radius 1 is 1.10 bits per heavy atom. The molecule has 0 spiro atoms. The van der Waals surface area contributed by atoms with Crippen molar-refractivity contribution in [3.63, 3.8) is 0 Å². The highest BCUT2D eigenvalue weighted by molar-refractivity contribution is 6.30. The highest BCUT2D eigenvalue weighted by Gasteiger charge is 2.03. The third-order valence-electron chi connectivity index (χ3n) is 3.03. The summed E-state index contributed by atoms with van der Waals surface area (Å²) >= 11 is 5.87. The predicted octanol–water partition coefficient (Wildman–Crippen LogP) is 3.79. The summed E-state index contributed by atoms with van der Waals surface area (Å²) in [6.07, 6.45) is 0. The van der Waals surface area contributed by atoms with Crippen LogP contribution in [0.1, 0.15) is 16.7 Å². The first kappa shape index (κ1) is 15.3. The second-order valence-corrected chi connectivity index (χ2v) is 5.19. The molecule has 3 nitrogen and oxygen atoms in total. The van der Waals surface area contributed by atoms with Crippen molar-refractivity contribution in [3.05, 3.63) is 70.0 Å². The van der Waals surface area contributed by atoms with Gasteiger partial charge in [0.05, 0.1) is 0 Å². The summed E-state index contributed by atoms with van der Waals surface area (Å²) in [7, 11) is 0. The third-order valence-corrected chi connectivity index (χ3v) is 3.27. The van der Waals surface area contributed by atoms with E-state index in [1.807, 2.05) is 12.1 Å². The number of amides is 2. The van der Waals surface area contributed by atoms with E-state index in [4.69, 9.17) is 11.6 Å². The Morgan fingerprint density at radius 2 is 1.76 bits per heavy atom. The van der Waals surface area contributed by atoms with Crippen LogP contribution >= 0.6 is 11.6 Å². The van der Waals surface area contributed by atoms with E-state index in [0.717, 1.165) is 11.1 Å². The summed E-state index contributed by atoms with van der Waals surface area (Å²) in [4.78, 5) is 11.7. The van der Waals surface area contributed by atoms with Gasteiger partial charge in [-0.1, -0.05) is 35.9 Å². The van der Waals surface area contributed by atoms with Crippen molar-refractivity contribution in [2.45, 2.75) is 20.0 Å². The minimum atomic E-state index is -0.309. The summed E-state index contributed by atoms with van der Waals surface area (Å²) in [5.41, 5.74) is 2.22. The van der Waals surface area contributed by atoms with Crippen molar-refractivity contribution in [3.8, 4) is 0 Å².